The van der Waals surface area contributed by atoms with E-state index in [1.807, 2.05) is 19.9 Å². The number of rotatable bonds is 2. The number of fused-ring (bicyclic) bond motifs is 1. The third-order valence-corrected chi connectivity index (χ3v) is 4.95. The molecule has 0 amide bonds. The predicted molar refractivity (Wildman–Crippen MR) is 88.6 cm³/mol. The zero-order valence-electron chi connectivity index (χ0n) is 13.7. The molecule has 1 fully saturated rings. The Morgan fingerprint density at radius 2 is 2.04 bits per heavy atom. The number of nitrogens with one attached hydrogen (secondary N) is 1. The minimum atomic E-state index is 0.676. The largest absolute Gasteiger partial charge is 0.355 e. The molecule has 0 unspecified atom stereocenters. The molecule has 0 bridgehead atoms. The molecule has 5 nitrogen and oxygen atoms in total. The Morgan fingerprint density at radius 1 is 1.26 bits per heavy atom. The quantitative estimate of drug-likeness (QED) is 0.926. The zero-order valence-corrected chi connectivity index (χ0v) is 13.7. The third kappa shape index (κ3) is 2.48. The van der Waals surface area contributed by atoms with E-state index in [0.717, 1.165) is 43.0 Å². The number of hydrogen-bond donors (Lipinski definition) is 1. The SMILES string of the molecule is Cc1cc(C)c(C#N)c(N2CCc3[nH]nc(C4CC4)c3CC2)n1. The molecule has 0 radical (unpaired) electrons. The van der Waals surface area contributed by atoms with E-state index in [1.54, 1.807) is 0 Å². The van der Waals surface area contributed by atoms with Gasteiger partial charge < -0.3 is 4.90 Å². The van der Waals surface area contributed by atoms with Gasteiger partial charge in [0.05, 0.1) is 11.3 Å². The van der Waals surface area contributed by atoms with Crippen LogP contribution in [-0.2, 0) is 12.8 Å². The number of anilines is 1. The van der Waals surface area contributed by atoms with E-state index in [9.17, 15) is 5.26 Å². The number of pyridine rings is 1. The van der Waals surface area contributed by atoms with Crippen LogP contribution in [0.3, 0.4) is 0 Å². The second-order valence-electron chi connectivity index (χ2n) is 6.72. The highest BCUT2D eigenvalue weighted by Crippen LogP contribution is 2.41. The lowest BCUT2D eigenvalue weighted by Crippen LogP contribution is -2.28. The second kappa shape index (κ2) is 5.38. The Labute approximate surface area is 136 Å². The Morgan fingerprint density at radius 3 is 2.78 bits per heavy atom. The van der Waals surface area contributed by atoms with Crippen molar-refractivity contribution in [3.05, 3.63) is 39.8 Å². The highest BCUT2D eigenvalue weighted by Gasteiger charge is 2.31. The lowest BCUT2D eigenvalue weighted by atomic mass is 10.1. The fourth-order valence-electron chi connectivity index (χ4n) is 3.60. The first kappa shape index (κ1) is 14.3. The molecule has 5 heteroatoms. The van der Waals surface area contributed by atoms with Crippen molar-refractivity contribution in [3.63, 3.8) is 0 Å². The maximum atomic E-state index is 9.52. The van der Waals surface area contributed by atoms with Gasteiger partial charge in [0.15, 0.2) is 0 Å². The smallest absolute Gasteiger partial charge is 0.147 e. The second-order valence-corrected chi connectivity index (χ2v) is 6.72. The number of aromatic amines is 1. The van der Waals surface area contributed by atoms with Crippen molar-refractivity contribution < 1.29 is 0 Å². The molecule has 4 rings (SSSR count). The first-order valence-electron chi connectivity index (χ1n) is 8.36. The van der Waals surface area contributed by atoms with Gasteiger partial charge in [-0.25, -0.2) is 4.98 Å². The van der Waals surface area contributed by atoms with Gasteiger partial charge in [-0.1, -0.05) is 0 Å². The molecule has 1 N–H and O–H groups in total. The van der Waals surface area contributed by atoms with Crippen molar-refractivity contribution in [2.75, 3.05) is 18.0 Å². The summed E-state index contributed by atoms with van der Waals surface area (Å²) in [6, 6.07) is 4.32. The summed E-state index contributed by atoms with van der Waals surface area (Å²) in [5.41, 5.74) is 6.67. The number of nitrogens with zero attached hydrogens (tertiary/aromatic N) is 4. The monoisotopic (exact) mass is 307 g/mol. The summed E-state index contributed by atoms with van der Waals surface area (Å²) in [5, 5.41) is 17.3. The summed E-state index contributed by atoms with van der Waals surface area (Å²) in [6.45, 7) is 5.76. The average Bonchev–Trinajstić information content (AvgIpc) is 3.32. The van der Waals surface area contributed by atoms with Crippen molar-refractivity contribution in [1.29, 1.82) is 5.26 Å². The summed E-state index contributed by atoms with van der Waals surface area (Å²) >= 11 is 0. The van der Waals surface area contributed by atoms with Gasteiger partial charge in [-0.3, -0.25) is 5.10 Å². The van der Waals surface area contributed by atoms with Gasteiger partial charge in [0.25, 0.3) is 0 Å². The highest BCUT2D eigenvalue weighted by molar-refractivity contribution is 5.58. The van der Waals surface area contributed by atoms with Crippen LogP contribution in [0.4, 0.5) is 5.82 Å². The van der Waals surface area contributed by atoms with Crippen LogP contribution in [0, 0.1) is 25.2 Å². The van der Waals surface area contributed by atoms with Crippen LogP contribution >= 0.6 is 0 Å². The van der Waals surface area contributed by atoms with Crippen molar-refractivity contribution >= 4 is 5.82 Å². The van der Waals surface area contributed by atoms with Crippen LogP contribution in [0.5, 0.6) is 0 Å². The fraction of sp³-hybridized carbons (Fsp3) is 0.500. The number of aryl methyl sites for hydroxylation is 2. The number of aromatic nitrogens is 3. The van der Waals surface area contributed by atoms with Gasteiger partial charge >= 0.3 is 0 Å². The Bertz CT molecular complexity index is 794. The molecular weight excluding hydrogens is 286 g/mol. The van der Waals surface area contributed by atoms with Crippen LogP contribution in [-0.4, -0.2) is 28.3 Å². The van der Waals surface area contributed by atoms with E-state index >= 15 is 0 Å². The first-order valence-corrected chi connectivity index (χ1v) is 8.36. The molecule has 3 heterocycles. The van der Waals surface area contributed by atoms with E-state index in [4.69, 9.17) is 0 Å². The maximum Gasteiger partial charge on any atom is 0.147 e. The summed E-state index contributed by atoms with van der Waals surface area (Å²) in [5.74, 6) is 1.52. The van der Waals surface area contributed by atoms with Crippen LogP contribution < -0.4 is 4.90 Å². The van der Waals surface area contributed by atoms with E-state index in [0.29, 0.717) is 11.5 Å². The molecule has 0 aromatic carbocycles. The minimum Gasteiger partial charge on any atom is -0.355 e. The number of H-pyrrole nitrogens is 1. The number of nitriles is 1. The Hall–Kier alpha value is -2.35. The maximum absolute atomic E-state index is 9.52. The molecule has 1 aliphatic carbocycles. The summed E-state index contributed by atoms with van der Waals surface area (Å²) < 4.78 is 0. The molecule has 2 aliphatic rings. The molecule has 2 aromatic heterocycles. The van der Waals surface area contributed by atoms with Gasteiger partial charge in [0.1, 0.15) is 11.9 Å². The topological polar surface area (TPSA) is 68.6 Å². The molecule has 118 valence electrons. The standard InChI is InChI=1S/C18H21N5/c1-11-9-12(2)20-18(15(11)10-19)23-7-5-14-16(6-8-23)21-22-17(14)13-3-4-13/h9,13H,3-8H2,1-2H3,(H,21,22). The third-order valence-electron chi connectivity index (χ3n) is 4.95. The average molecular weight is 307 g/mol. The van der Waals surface area contributed by atoms with Gasteiger partial charge in [-0.05, 0) is 50.3 Å². The molecular formula is C18H21N5. The van der Waals surface area contributed by atoms with Crippen LogP contribution in [0.15, 0.2) is 6.07 Å². The van der Waals surface area contributed by atoms with Crippen LogP contribution in [0.2, 0.25) is 0 Å². The van der Waals surface area contributed by atoms with E-state index in [1.165, 1.54) is 29.8 Å². The lowest BCUT2D eigenvalue weighted by molar-refractivity contribution is 0.768. The summed E-state index contributed by atoms with van der Waals surface area (Å²) in [6.07, 6.45) is 4.47. The number of hydrogen-bond acceptors (Lipinski definition) is 4. The van der Waals surface area contributed by atoms with Crippen molar-refractivity contribution in [1.82, 2.24) is 15.2 Å². The zero-order chi connectivity index (χ0) is 16.0. The van der Waals surface area contributed by atoms with Crippen LogP contribution in [0.1, 0.15) is 52.5 Å². The molecule has 23 heavy (non-hydrogen) atoms. The normalized spacial score (nSPS) is 17.5. The molecule has 0 saturated heterocycles. The van der Waals surface area contributed by atoms with E-state index in [-0.39, 0.29) is 0 Å². The Balaban J connectivity index is 1.65. The molecule has 1 aliphatic heterocycles. The molecule has 0 spiro atoms. The van der Waals surface area contributed by atoms with E-state index < -0.39 is 0 Å². The van der Waals surface area contributed by atoms with Gasteiger partial charge in [-0.15, -0.1) is 0 Å². The Kier molecular flexibility index (Phi) is 3.33. The van der Waals surface area contributed by atoms with Crippen molar-refractivity contribution in [2.45, 2.75) is 45.4 Å². The van der Waals surface area contributed by atoms with Crippen molar-refractivity contribution in [2.24, 2.45) is 0 Å². The van der Waals surface area contributed by atoms with Crippen molar-refractivity contribution in [3.8, 4) is 6.07 Å². The highest BCUT2D eigenvalue weighted by atomic mass is 15.2. The fourth-order valence-corrected chi connectivity index (χ4v) is 3.60. The van der Waals surface area contributed by atoms with Crippen LogP contribution in [0.25, 0.3) is 0 Å². The summed E-state index contributed by atoms with van der Waals surface area (Å²) in [7, 11) is 0. The lowest BCUT2D eigenvalue weighted by Gasteiger charge is -2.23. The first-order chi connectivity index (χ1) is 11.2. The predicted octanol–water partition coefficient (Wildman–Crippen LogP) is 2.78. The molecule has 1 saturated carbocycles. The molecule has 2 aromatic rings. The summed E-state index contributed by atoms with van der Waals surface area (Å²) in [4.78, 5) is 6.93. The molecule has 0 atom stereocenters. The van der Waals surface area contributed by atoms with E-state index in [2.05, 4.69) is 26.2 Å². The minimum absolute atomic E-state index is 0.676. The van der Waals surface area contributed by atoms with Gasteiger partial charge in [-0.2, -0.15) is 10.4 Å². The van der Waals surface area contributed by atoms with Gasteiger partial charge in [0, 0.05) is 36.8 Å². The van der Waals surface area contributed by atoms with Gasteiger partial charge in [0.2, 0.25) is 0 Å².